The number of carboxylic acid groups (broad SMARTS) is 1. The summed E-state index contributed by atoms with van der Waals surface area (Å²) in [6.07, 6.45) is 1.40. The number of carbonyl (C=O) groups is 3. The van der Waals surface area contributed by atoms with Crippen LogP contribution in [0.1, 0.15) is 30.0 Å². The van der Waals surface area contributed by atoms with Crippen LogP contribution in [-0.4, -0.2) is 29.4 Å². The summed E-state index contributed by atoms with van der Waals surface area (Å²) >= 11 is 0. The number of rotatable bonds is 4. The lowest BCUT2D eigenvalue weighted by atomic mass is 9.81. The van der Waals surface area contributed by atoms with Crippen molar-refractivity contribution in [2.75, 3.05) is 16.8 Å². The molecule has 4 rings (SSSR count). The average Bonchev–Trinajstić information content (AvgIpc) is 3.22. The molecule has 0 bridgehead atoms. The number of benzene rings is 2. The SMILES string of the molecule is CC(=O)N1CCc2cc(NC(=O)CC3(C(=O)O)Cc4ccccc4C3)ccc21. The molecule has 1 heterocycles. The van der Waals surface area contributed by atoms with Gasteiger partial charge in [-0.15, -0.1) is 0 Å². The van der Waals surface area contributed by atoms with Gasteiger partial charge in [-0.1, -0.05) is 24.3 Å². The molecule has 0 unspecified atom stereocenters. The molecule has 6 heteroatoms. The van der Waals surface area contributed by atoms with Gasteiger partial charge in [0.2, 0.25) is 11.8 Å². The maximum absolute atomic E-state index is 12.7. The van der Waals surface area contributed by atoms with E-state index in [-0.39, 0.29) is 18.2 Å². The lowest BCUT2D eigenvalue weighted by Crippen LogP contribution is -2.36. The highest BCUT2D eigenvalue weighted by Gasteiger charge is 2.45. The zero-order valence-corrected chi connectivity index (χ0v) is 15.7. The van der Waals surface area contributed by atoms with E-state index in [4.69, 9.17) is 0 Å². The van der Waals surface area contributed by atoms with Crippen LogP contribution in [0.25, 0.3) is 0 Å². The Morgan fingerprint density at radius 1 is 1.07 bits per heavy atom. The first-order valence-corrected chi connectivity index (χ1v) is 9.39. The van der Waals surface area contributed by atoms with Crippen molar-refractivity contribution in [1.29, 1.82) is 0 Å². The minimum Gasteiger partial charge on any atom is -0.481 e. The van der Waals surface area contributed by atoms with Gasteiger partial charge in [0.1, 0.15) is 0 Å². The molecular weight excluding hydrogens is 356 g/mol. The summed E-state index contributed by atoms with van der Waals surface area (Å²) in [4.78, 5) is 38.1. The normalized spacial score (nSPS) is 16.4. The van der Waals surface area contributed by atoms with Gasteiger partial charge < -0.3 is 15.3 Å². The summed E-state index contributed by atoms with van der Waals surface area (Å²) in [5.74, 6) is -1.25. The van der Waals surface area contributed by atoms with Gasteiger partial charge in [-0.3, -0.25) is 14.4 Å². The molecule has 2 N–H and O–H groups in total. The highest BCUT2D eigenvalue weighted by Crippen LogP contribution is 2.40. The highest BCUT2D eigenvalue weighted by molar-refractivity contribution is 5.97. The Morgan fingerprint density at radius 2 is 1.75 bits per heavy atom. The number of amides is 2. The Hall–Kier alpha value is -3.15. The number of hydrogen-bond acceptors (Lipinski definition) is 3. The third-order valence-corrected chi connectivity index (χ3v) is 5.77. The number of hydrogen-bond donors (Lipinski definition) is 2. The second-order valence-corrected chi connectivity index (χ2v) is 7.70. The number of nitrogens with one attached hydrogen (secondary N) is 1. The molecule has 0 saturated heterocycles. The van der Waals surface area contributed by atoms with Crippen LogP contribution in [0.5, 0.6) is 0 Å². The molecule has 1 aliphatic heterocycles. The van der Waals surface area contributed by atoms with E-state index in [0.29, 0.717) is 25.1 Å². The predicted octanol–water partition coefficient (Wildman–Crippen LogP) is 2.79. The van der Waals surface area contributed by atoms with Crippen LogP contribution in [0.2, 0.25) is 0 Å². The second-order valence-electron chi connectivity index (χ2n) is 7.70. The molecule has 2 aromatic rings. The lowest BCUT2D eigenvalue weighted by Gasteiger charge is -2.23. The first-order valence-electron chi connectivity index (χ1n) is 9.39. The second kappa shape index (κ2) is 6.78. The summed E-state index contributed by atoms with van der Waals surface area (Å²) in [5, 5.41) is 12.7. The summed E-state index contributed by atoms with van der Waals surface area (Å²) in [7, 11) is 0. The number of anilines is 2. The van der Waals surface area contributed by atoms with E-state index in [1.54, 1.807) is 11.0 Å². The largest absolute Gasteiger partial charge is 0.481 e. The zero-order chi connectivity index (χ0) is 19.9. The Kier molecular flexibility index (Phi) is 4.41. The van der Waals surface area contributed by atoms with Gasteiger partial charge >= 0.3 is 5.97 Å². The van der Waals surface area contributed by atoms with Gasteiger partial charge in [0, 0.05) is 31.3 Å². The third-order valence-electron chi connectivity index (χ3n) is 5.77. The maximum atomic E-state index is 12.7. The smallest absolute Gasteiger partial charge is 0.310 e. The van der Waals surface area contributed by atoms with Crippen LogP contribution in [0, 0.1) is 5.41 Å². The van der Waals surface area contributed by atoms with Crippen molar-refractivity contribution in [2.24, 2.45) is 5.41 Å². The quantitative estimate of drug-likeness (QED) is 0.857. The van der Waals surface area contributed by atoms with E-state index in [1.165, 1.54) is 6.92 Å². The van der Waals surface area contributed by atoms with Crippen LogP contribution in [0.15, 0.2) is 42.5 Å². The lowest BCUT2D eigenvalue weighted by molar-refractivity contribution is -0.150. The molecule has 2 aliphatic rings. The minimum absolute atomic E-state index is 0.000245. The number of aliphatic carboxylic acids is 1. The molecule has 2 aromatic carbocycles. The van der Waals surface area contributed by atoms with Crippen molar-refractivity contribution < 1.29 is 19.5 Å². The molecule has 0 fully saturated rings. The van der Waals surface area contributed by atoms with Crippen molar-refractivity contribution in [1.82, 2.24) is 0 Å². The van der Waals surface area contributed by atoms with Crippen molar-refractivity contribution in [2.45, 2.75) is 32.6 Å². The molecule has 0 radical (unpaired) electrons. The Bertz CT molecular complexity index is 957. The standard InChI is InChI=1S/C22H22N2O4/c1-14(25)24-9-8-15-10-18(6-7-19(15)24)23-20(26)13-22(21(27)28)11-16-4-2-3-5-17(16)12-22/h2-7,10H,8-9,11-13H2,1H3,(H,23,26)(H,27,28). The number of carbonyl (C=O) groups excluding carboxylic acids is 2. The van der Waals surface area contributed by atoms with Crippen LogP contribution in [0.4, 0.5) is 11.4 Å². The summed E-state index contributed by atoms with van der Waals surface area (Å²) < 4.78 is 0. The maximum Gasteiger partial charge on any atom is 0.310 e. The molecule has 1 aliphatic carbocycles. The van der Waals surface area contributed by atoms with Gasteiger partial charge in [0.05, 0.1) is 5.41 Å². The Labute approximate surface area is 163 Å². The van der Waals surface area contributed by atoms with Crippen LogP contribution in [0.3, 0.4) is 0 Å². The topological polar surface area (TPSA) is 86.7 Å². The minimum atomic E-state index is -1.10. The Morgan fingerprint density at radius 3 is 2.36 bits per heavy atom. The number of carboxylic acids is 1. The van der Waals surface area contributed by atoms with Crippen LogP contribution in [-0.2, 0) is 33.6 Å². The van der Waals surface area contributed by atoms with E-state index in [9.17, 15) is 19.5 Å². The van der Waals surface area contributed by atoms with Crippen molar-refractivity contribution in [3.8, 4) is 0 Å². The highest BCUT2D eigenvalue weighted by atomic mass is 16.4. The van der Waals surface area contributed by atoms with Gasteiger partial charge in [-0.25, -0.2) is 0 Å². The van der Waals surface area contributed by atoms with Gasteiger partial charge in [0.15, 0.2) is 0 Å². The molecule has 0 spiro atoms. The first kappa shape index (κ1) is 18.2. The fourth-order valence-electron chi connectivity index (χ4n) is 4.36. The average molecular weight is 378 g/mol. The third kappa shape index (κ3) is 3.15. The number of nitrogens with zero attached hydrogens (tertiary/aromatic N) is 1. The molecule has 2 amide bonds. The van der Waals surface area contributed by atoms with E-state index in [2.05, 4.69) is 5.32 Å². The summed E-state index contributed by atoms with van der Waals surface area (Å²) in [6.45, 7) is 2.18. The van der Waals surface area contributed by atoms with Gasteiger partial charge in [0.25, 0.3) is 0 Å². The fourth-order valence-corrected chi connectivity index (χ4v) is 4.36. The molecular formula is C22H22N2O4. The summed E-state index contributed by atoms with van der Waals surface area (Å²) in [5.41, 5.74) is 3.41. The van der Waals surface area contributed by atoms with Gasteiger partial charge in [-0.2, -0.15) is 0 Å². The monoisotopic (exact) mass is 378 g/mol. The molecule has 0 saturated carbocycles. The molecule has 0 aromatic heterocycles. The van der Waals surface area contributed by atoms with Gasteiger partial charge in [-0.05, 0) is 54.2 Å². The van der Waals surface area contributed by atoms with Crippen LogP contribution < -0.4 is 10.2 Å². The van der Waals surface area contributed by atoms with E-state index < -0.39 is 11.4 Å². The predicted molar refractivity (Wildman–Crippen MR) is 105 cm³/mol. The van der Waals surface area contributed by atoms with Crippen LogP contribution >= 0.6 is 0 Å². The Balaban J connectivity index is 1.49. The molecule has 28 heavy (non-hydrogen) atoms. The first-order chi connectivity index (χ1) is 13.4. The number of fused-ring (bicyclic) bond motifs is 2. The van der Waals surface area contributed by atoms with E-state index in [0.717, 1.165) is 28.8 Å². The molecule has 144 valence electrons. The van der Waals surface area contributed by atoms with E-state index >= 15 is 0 Å². The molecule has 0 atom stereocenters. The fraction of sp³-hybridized carbons (Fsp3) is 0.318. The van der Waals surface area contributed by atoms with Crippen molar-refractivity contribution in [3.05, 3.63) is 59.2 Å². The van der Waals surface area contributed by atoms with Crippen molar-refractivity contribution in [3.63, 3.8) is 0 Å². The van der Waals surface area contributed by atoms with E-state index in [1.807, 2.05) is 36.4 Å². The zero-order valence-electron chi connectivity index (χ0n) is 15.7. The van der Waals surface area contributed by atoms with Crippen molar-refractivity contribution >= 4 is 29.2 Å². The molecule has 6 nitrogen and oxygen atoms in total. The summed E-state index contributed by atoms with van der Waals surface area (Å²) in [6, 6.07) is 13.1.